The summed E-state index contributed by atoms with van der Waals surface area (Å²) in [7, 11) is 0. The van der Waals surface area contributed by atoms with Gasteiger partial charge >= 0.3 is 0 Å². The van der Waals surface area contributed by atoms with E-state index in [0.717, 1.165) is 5.56 Å². The normalized spacial score (nSPS) is 23.1. The van der Waals surface area contributed by atoms with Gasteiger partial charge in [-0.3, -0.25) is 9.59 Å². The van der Waals surface area contributed by atoms with Crippen LogP contribution >= 0.6 is 0 Å². The first kappa shape index (κ1) is 22.9. The number of benzene rings is 2. The van der Waals surface area contributed by atoms with Gasteiger partial charge in [-0.2, -0.15) is 0 Å². The summed E-state index contributed by atoms with van der Waals surface area (Å²) in [6.45, 7) is 1.47. The Labute approximate surface area is 191 Å². The smallest absolute Gasteiger partial charge is 0.247 e. The second-order valence-corrected chi connectivity index (χ2v) is 8.15. The fourth-order valence-electron chi connectivity index (χ4n) is 4.56. The van der Waals surface area contributed by atoms with Crippen molar-refractivity contribution < 1.29 is 28.9 Å². The molecule has 1 aliphatic heterocycles. The van der Waals surface area contributed by atoms with Crippen LogP contribution in [0, 0.1) is 5.82 Å². The molecule has 2 aromatic rings. The number of carbonyl (C=O) groups is 2. The molecule has 0 bridgehead atoms. The van der Waals surface area contributed by atoms with Gasteiger partial charge in [-0.05, 0) is 18.2 Å². The Morgan fingerprint density at radius 3 is 2.61 bits per heavy atom. The third kappa shape index (κ3) is 4.36. The number of ether oxygens (including phenoxy) is 1. The van der Waals surface area contributed by atoms with Crippen LogP contribution < -0.4 is 10.1 Å². The summed E-state index contributed by atoms with van der Waals surface area (Å²) in [5, 5.41) is 23.1. The quantitative estimate of drug-likeness (QED) is 0.594. The molecule has 1 heterocycles. The van der Waals surface area contributed by atoms with Gasteiger partial charge in [-0.15, -0.1) is 0 Å². The SMILES string of the molecule is CCC(=O)N(Cc1ccccc1F)[C@@H]1C=C(C(=O)NCCO)[C@@H]2c3ccccc3O[C@@H]2[C@H]1O. The van der Waals surface area contributed by atoms with Gasteiger partial charge in [0.05, 0.1) is 18.6 Å². The van der Waals surface area contributed by atoms with Crippen molar-refractivity contribution in [3.8, 4) is 5.75 Å². The van der Waals surface area contributed by atoms with Crippen LogP contribution in [0.4, 0.5) is 4.39 Å². The minimum atomic E-state index is -1.14. The van der Waals surface area contributed by atoms with Crippen LogP contribution in [0.15, 0.2) is 60.2 Å². The Bertz CT molecular complexity index is 1070. The molecule has 2 aromatic carbocycles. The van der Waals surface area contributed by atoms with Crippen molar-refractivity contribution in [3.05, 3.63) is 77.1 Å². The lowest BCUT2D eigenvalue weighted by Gasteiger charge is -2.40. The van der Waals surface area contributed by atoms with E-state index in [1.807, 2.05) is 12.1 Å². The van der Waals surface area contributed by atoms with E-state index < -0.39 is 35.9 Å². The topological polar surface area (TPSA) is 99.1 Å². The van der Waals surface area contributed by atoms with Crippen LogP contribution in [0.1, 0.15) is 30.4 Å². The number of para-hydroxylation sites is 1. The first-order valence-electron chi connectivity index (χ1n) is 11.0. The Morgan fingerprint density at radius 1 is 1.15 bits per heavy atom. The van der Waals surface area contributed by atoms with Crippen LogP contribution in [-0.2, 0) is 16.1 Å². The standard InChI is InChI=1S/C25H27FN2O5/c1-2-21(30)28(14-15-7-3-5-9-18(15)26)19-13-17(25(32)27-11-12-29)22-16-8-4-6-10-20(16)33-24(22)23(19)31/h3-10,13,19,22-24,29,31H,2,11-12,14H2,1H3,(H,27,32)/t19-,22+,23+,24+/m1/s1. The lowest BCUT2D eigenvalue weighted by atomic mass is 9.77. The van der Waals surface area contributed by atoms with E-state index >= 15 is 0 Å². The fraction of sp³-hybridized carbons (Fsp3) is 0.360. The van der Waals surface area contributed by atoms with Crippen molar-refractivity contribution >= 4 is 11.8 Å². The summed E-state index contributed by atoms with van der Waals surface area (Å²) >= 11 is 0. The summed E-state index contributed by atoms with van der Waals surface area (Å²) in [6, 6.07) is 12.5. The van der Waals surface area contributed by atoms with Gasteiger partial charge in [-0.1, -0.05) is 43.3 Å². The van der Waals surface area contributed by atoms with Crippen molar-refractivity contribution in [3.63, 3.8) is 0 Å². The minimum Gasteiger partial charge on any atom is -0.486 e. The second-order valence-electron chi connectivity index (χ2n) is 8.15. The number of fused-ring (bicyclic) bond motifs is 3. The Kier molecular flexibility index (Phi) is 6.76. The molecule has 1 aliphatic carbocycles. The Hall–Kier alpha value is -3.23. The molecule has 0 unspecified atom stereocenters. The summed E-state index contributed by atoms with van der Waals surface area (Å²) in [5.41, 5.74) is 1.42. The van der Waals surface area contributed by atoms with E-state index in [2.05, 4.69) is 5.32 Å². The van der Waals surface area contributed by atoms with Crippen LogP contribution in [0.5, 0.6) is 5.75 Å². The van der Waals surface area contributed by atoms with Crippen molar-refractivity contribution in [2.75, 3.05) is 13.2 Å². The number of carbonyl (C=O) groups excluding carboxylic acids is 2. The molecule has 8 heteroatoms. The van der Waals surface area contributed by atoms with Gasteiger partial charge in [0.1, 0.15) is 23.8 Å². The third-order valence-corrected chi connectivity index (χ3v) is 6.16. The molecule has 4 atom stereocenters. The first-order chi connectivity index (χ1) is 16.0. The highest BCUT2D eigenvalue weighted by molar-refractivity contribution is 5.96. The number of amides is 2. The van der Waals surface area contributed by atoms with Gasteiger partial charge < -0.3 is 25.2 Å². The van der Waals surface area contributed by atoms with E-state index in [-0.39, 0.29) is 32.0 Å². The van der Waals surface area contributed by atoms with E-state index in [1.54, 1.807) is 43.3 Å². The molecule has 7 nitrogen and oxygen atoms in total. The number of aliphatic hydroxyl groups is 2. The molecule has 2 amide bonds. The maximum atomic E-state index is 14.4. The maximum absolute atomic E-state index is 14.4. The van der Waals surface area contributed by atoms with Gasteiger partial charge in [0, 0.05) is 36.2 Å². The zero-order valence-electron chi connectivity index (χ0n) is 18.3. The van der Waals surface area contributed by atoms with Crippen LogP contribution in [0.25, 0.3) is 0 Å². The fourth-order valence-corrected chi connectivity index (χ4v) is 4.56. The van der Waals surface area contributed by atoms with Gasteiger partial charge in [0.25, 0.3) is 0 Å². The van der Waals surface area contributed by atoms with E-state index in [0.29, 0.717) is 16.9 Å². The van der Waals surface area contributed by atoms with E-state index in [9.17, 15) is 19.1 Å². The van der Waals surface area contributed by atoms with Crippen molar-refractivity contribution in [1.29, 1.82) is 0 Å². The number of hydrogen-bond donors (Lipinski definition) is 3. The molecule has 0 saturated carbocycles. The predicted molar refractivity (Wildman–Crippen MR) is 119 cm³/mol. The molecule has 0 saturated heterocycles. The van der Waals surface area contributed by atoms with Crippen molar-refractivity contribution in [1.82, 2.24) is 10.2 Å². The second kappa shape index (κ2) is 9.72. The van der Waals surface area contributed by atoms with Crippen LogP contribution in [0.2, 0.25) is 0 Å². The summed E-state index contributed by atoms with van der Waals surface area (Å²) < 4.78 is 20.4. The average Bonchev–Trinajstić information content (AvgIpc) is 3.22. The van der Waals surface area contributed by atoms with Gasteiger partial charge in [0.15, 0.2) is 0 Å². The molecular formula is C25H27FN2O5. The molecule has 0 spiro atoms. The van der Waals surface area contributed by atoms with E-state index in [1.165, 1.54) is 11.0 Å². The zero-order chi connectivity index (χ0) is 23.5. The number of nitrogens with one attached hydrogen (secondary N) is 1. The summed E-state index contributed by atoms with van der Waals surface area (Å²) in [5.74, 6) is -1.12. The molecule has 0 fully saturated rings. The molecule has 3 N–H and O–H groups in total. The van der Waals surface area contributed by atoms with Gasteiger partial charge in [-0.25, -0.2) is 4.39 Å². The lowest BCUT2D eigenvalue weighted by Crippen LogP contribution is -2.55. The summed E-state index contributed by atoms with van der Waals surface area (Å²) in [4.78, 5) is 27.4. The highest BCUT2D eigenvalue weighted by Crippen LogP contribution is 2.47. The van der Waals surface area contributed by atoms with Crippen molar-refractivity contribution in [2.45, 2.75) is 44.1 Å². The number of aliphatic hydroxyl groups excluding tert-OH is 2. The zero-order valence-corrected chi connectivity index (χ0v) is 18.3. The minimum absolute atomic E-state index is 0.0621. The number of hydrogen-bond acceptors (Lipinski definition) is 5. The molecule has 0 aromatic heterocycles. The molecule has 4 rings (SSSR count). The molecule has 2 aliphatic rings. The maximum Gasteiger partial charge on any atom is 0.247 e. The number of rotatable bonds is 7. The Balaban J connectivity index is 1.76. The van der Waals surface area contributed by atoms with Crippen LogP contribution in [0.3, 0.4) is 0 Å². The average molecular weight is 454 g/mol. The van der Waals surface area contributed by atoms with Crippen molar-refractivity contribution in [2.24, 2.45) is 0 Å². The Morgan fingerprint density at radius 2 is 1.88 bits per heavy atom. The molecule has 33 heavy (non-hydrogen) atoms. The van der Waals surface area contributed by atoms with E-state index in [4.69, 9.17) is 9.84 Å². The molecule has 174 valence electrons. The number of nitrogens with zero attached hydrogens (tertiary/aromatic N) is 1. The number of halogens is 1. The largest absolute Gasteiger partial charge is 0.486 e. The molecule has 0 radical (unpaired) electrons. The highest BCUT2D eigenvalue weighted by atomic mass is 19.1. The van der Waals surface area contributed by atoms with Crippen LogP contribution in [-0.4, -0.2) is 58.3 Å². The highest BCUT2D eigenvalue weighted by Gasteiger charge is 2.50. The van der Waals surface area contributed by atoms with Gasteiger partial charge in [0.2, 0.25) is 11.8 Å². The third-order valence-electron chi connectivity index (χ3n) is 6.16. The molecular weight excluding hydrogens is 427 g/mol. The predicted octanol–water partition coefficient (Wildman–Crippen LogP) is 1.89. The first-order valence-corrected chi connectivity index (χ1v) is 11.0. The summed E-state index contributed by atoms with van der Waals surface area (Å²) in [6.07, 6.45) is -0.204. The lowest BCUT2D eigenvalue weighted by molar-refractivity contribution is -0.137. The monoisotopic (exact) mass is 454 g/mol.